The van der Waals surface area contributed by atoms with Gasteiger partial charge in [-0.05, 0) is 18.6 Å². The van der Waals surface area contributed by atoms with Gasteiger partial charge in [0.15, 0.2) is 0 Å². The van der Waals surface area contributed by atoms with Crippen LogP contribution in [0.25, 0.3) is 11.4 Å². The van der Waals surface area contributed by atoms with E-state index < -0.39 is 0 Å². The Balaban J connectivity index is 2.21. The minimum atomic E-state index is -0.380. The fourth-order valence-corrected chi connectivity index (χ4v) is 1.59. The topological polar surface area (TPSA) is 62.7 Å². The smallest absolute Gasteiger partial charge is 0.229 e. The molecule has 0 N–H and O–H groups in total. The summed E-state index contributed by atoms with van der Waals surface area (Å²) in [4.78, 5) is 4.17. The molecular weight excluding hydrogens is 233 g/mol. The Labute approximate surface area is 104 Å². The Morgan fingerprint density at radius 1 is 1.44 bits per heavy atom. The lowest BCUT2D eigenvalue weighted by molar-refractivity contribution is 0.354. The van der Waals surface area contributed by atoms with Crippen molar-refractivity contribution in [2.24, 2.45) is 0 Å². The fourth-order valence-electron chi connectivity index (χ4n) is 1.59. The highest BCUT2D eigenvalue weighted by molar-refractivity contribution is 5.54. The summed E-state index contributed by atoms with van der Waals surface area (Å²) in [6.45, 7) is 1.90. The minimum absolute atomic E-state index is 0.00215. The molecule has 18 heavy (non-hydrogen) atoms. The molecule has 0 saturated heterocycles. The lowest BCUT2D eigenvalue weighted by Gasteiger charge is -2.00. The standard InChI is InChI=1S/C13H12FN3O/c1-9(5-4-8-15)13-16-12(17-18-13)10-6-2-3-7-11(10)14/h2-3,6-7,9H,4-5H2,1H3. The Bertz CT molecular complexity index is 574. The number of nitrogens with zero attached hydrogens (tertiary/aromatic N) is 3. The van der Waals surface area contributed by atoms with Crippen molar-refractivity contribution in [2.75, 3.05) is 0 Å². The number of nitriles is 1. The molecule has 0 aliphatic rings. The maximum Gasteiger partial charge on any atom is 0.229 e. The van der Waals surface area contributed by atoms with E-state index >= 15 is 0 Å². The van der Waals surface area contributed by atoms with E-state index in [-0.39, 0.29) is 17.6 Å². The van der Waals surface area contributed by atoms with Crippen LogP contribution in [0.15, 0.2) is 28.8 Å². The molecule has 92 valence electrons. The van der Waals surface area contributed by atoms with Crippen LogP contribution in [0.3, 0.4) is 0 Å². The molecule has 0 fully saturated rings. The second kappa shape index (κ2) is 5.41. The van der Waals surface area contributed by atoms with E-state index in [1.54, 1.807) is 18.2 Å². The van der Waals surface area contributed by atoms with Crippen molar-refractivity contribution in [3.63, 3.8) is 0 Å². The monoisotopic (exact) mass is 245 g/mol. The zero-order chi connectivity index (χ0) is 13.0. The number of halogens is 1. The first-order valence-corrected chi connectivity index (χ1v) is 5.68. The third-order valence-electron chi connectivity index (χ3n) is 2.67. The number of hydrogen-bond donors (Lipinski definition) is 0. The predicted molar refractivity (Wildman–Crippen MR) is 63.0 cm³/mol. The first-order chi connectivity index (χ1) is 8.72. The van der Waals surface area contributed by atoms with Gasteiger partial charge in [0.2, 0.25) is 11.7 Å². The largest absolute Gasteiger partial charge is 0.339 e. The van der Waals surface area contributed by atoms with Gasteiger partial charge in [-0.15, -0.1) is 0 Å². The molecule has 0 saturated carbocycles. The minimum Gasteiger partial charge on any atom is -0.339 e. The molecule has 0 bridgehead atoms. The Morgan fingerprint density at radius 3 is 2.94 bits per heavy atom. The van der Waals surface area contributed by atoms with Gasteiger partial charge in [-0.25, -0.2) is 4.39 Å². The van der Waals surface area contributed by atoms with Crippen molar-refractivity contribution in [3.8, 4) is 17.5 Å². The van der Waals surface area contributed by atoms with Gasteiger partial charge in [0.25, 0.3) is 0 Å². The summed E-state index contributed by atoms with van der Waals surface area (Å²) in [5, 5.41) is 12.3. The second-order valence-electron chi connectivity index (χ2n) is 4.03. The van der Waals surface area contributed by atoms with E-state index in [0.717, 1.165) is 0 Å². The predicted octanol–water partition coefficient (Wildman–Crippen LogP) is 3.28. The first-order valence-electron chi connectivity index (χ1n) is 5.68. The van der Waals surface area contributed by atoms with Gasteiger partial charge >= 0.3 is 0 Å². The van der Waals surface area contributed by atoms with Gasteiger partial charge in [0, 0.05) is 12.3 Å². The molecule has 0 spiro atoms. The third-order valence-corrected chi connectivity index (χ3v) is 2.67. The maximum atomic E-state index is 13.5. The molecule has 0 aliphatic heterocycles. The molecule has 0 amide bonds. The molecule has 4 nitrogen and oxygen atoms in total. The number of aromatic nitrogens is 2. The Kier molecular flexibility index (Phi) is 3.68. The van der Waals surface area contributed by atoms with Gasteiger partial charge in [0.1, 0.15) is 5.82 Å². The molecule has 1 aromatic carbocycles. The molecule has 1 unspecified atom stereocenters. The van der Waals surface area contributed by atoms with Crippen molar-refractivity contribution < 1.29 is 8.91 Å². The third kappa shape index (κ3) is 2.54. The molecule has 5 heteroatoms. The quantitative estimate of drug-likeness (QED) is 0.829. The lowest BCUT2D eigenvalue weighted by Crippen LogP contribution is -1.93. The van der Waals surface area contributed by atoms with Crippen molar-refractivity contribution in [2.45, 2.75) is 25.7 Å². The van der Waals surface area contributed by atoms with Crippen LogP contribution in [0, 0.1) is 17.1 Å². The summed E-state index contributed by atoms with van der Waals surface area (Å²) in [6.07, 6.45) is 1.08. The average Bonchev–Trinajstić information content (AvgIpc) is 2.86. The van der Waals surface area contributed by atoms with Gasteiger partial charge in [0.05, 0.1) is 11.6 Å². The molecule has 2 aromatic rings. The molecule has 0 radical (unpaired) electrons. The van der Waals surface area contributed by atoms with Gasteiger partial charge in [-0.2, -0.15) is 10.2 Å². The Morgan fingerprint density at radius 2 is 2.22 bits per heavy atom. The summed E-state index contributed by atoms with van der Waals surface area (Å²) in [5.74, 6) is 0.294. The van der Waals surface area contributed by atoms with Crippen molar-refractivity contribution >= 4 is 0 Å². The summed E-state index contributed by atoms with van der Waals surface area (Å²) in [7, 11) is 0. The van der Waals surface area contributed by atoms with Crippen molar-refractivity contribution in [1.29, 1.82) is 5.26 Å². The molecule has 2 rings (SSSR count). The molecular formula is C13H12FN3O. The van der Waals surface area contributed by atoms with E-state index in [2.05, 4.69) is 16.2 Å². The highest BCUT2D eigenvalue weighted by Crippen LogP contribution is 2.23. The van der Waals surface area contributed by atoms with Crippen LogP contribution < -0.4 is 0 Å². The van der Waals surface area contributed by atoms with Crippen molar-refractivity contribution in [3.05, 3.63) is 36.0 Å². The van der Waals surface area contributed by atoms with Crippen LogP contribution in [-0.2, 0) is 0 Å². The van der Waals surface area contributed by atoms with Crippen LogP contribution >= 0.6 is 0 Å². The highest BCUT2D eigenvalue weighted by Gasteiger charge is 2.16. The molecule has 1 heterocycles. The average molecular weight is 245 g/mol. The molecule has 1 atom stereocenters. The first kappa shape index (κ1) is 12.2. The SMILES string of the molecule is CC(CCC#N)c1nc(-c2ccccc2F)no1. The van der Waals surface area contributed by atoms with Crippen LogP contribution in [-0.4, -0.2) is 10.1 Å². The van der Waals surface area contributed by atoms with E-state index in [9.17, 15) is 4.39 Å². The highest BCUT2D eigenvalue weighted by atomic mass is 19.1. The van der Waals surface area contributed by atoms with Gasteiger partial charge in [-0.3, -0.25) is 0 Å². The summed E-state index contributed by atoms with van der Waals surface area (Å²) >= 11 is 0. The number of benzene rings is 1. The lowest BCUT2D eigenvalue weighted by atomic mass is 10.1. The van der Waals surface area contributed by atoms with Crippen LogP contribution in [0.2, 0.25) is 0 Å². The summed E-state index contributed by atoms with van der Waals surface area (Å²) < 4.78 is 18.6. The zero-order valence-electron chi connectivity index (χ0n) is 9.93. The van der Waals surface area contributed by atoms with Crippen LogP contribution in [0.1, 0.15) is 31.6 Å². The van der Waals surface area contributed by atoms with Gasteiger partial charge < -0.3 is 4.52 Å². The van der Waals surface area contributed by atoms with E-state index in [1.807, 2.05) is 6.92 Å². The van der Waals surface area contributed by atoms with E-state index in [0.29, 0.717) is 24.3 Å². The van der Waals surface area contributed by atoms with Crippen molar-refractivity contribution in [1.82, 2.24) is 10.1 Å². The zero-order valence-corrected chi connectivity index (χ0v) is 9.93. The van der Waals surface area contributed by atoms with Gasteiger partial charge in [-0.1, -0.05) is 24.2 Å². The Hall–Kier alpha value is -2.22. The summed E-state index contributed by atoms with van der Waals surface area (Å²) in [5.41, 5.74) is 0.319. The van der Waals surface area contributed by atoms with E-state index in [1.165, 1.54) is 6.07 Å². The molecule has 1 aromatic heterocycles. The van der Waals surface area contributed by atoms with E-state index in [4.69, 9.17) is 9.78 Å². The van der Waals surface area contributed by atoms with Crippen LogP contribution in [0.5, 0.6) is 0 Å². The second-order valence-corrected chi connectivity index (χ2v) is 4.03. The number of rotatable bonds is 4. The maximum absolute atomic E-state index is 13.5. The summed E-state index contributed by atoms with van der Waals surface area (Å²) in [6, 6.07) is 8.34. The molecule has 0 aliphatic carbocycles. The fraction of sp³-hybridized carbons (Fsp3) is 0.308. The normalized spacial score (nSPS) is 12.1. The number of hydrogen-bond acceptors (Lipinski definition) is 4. The van der Waals surface area contributed by atoms with Crippen LogP contribution in [0.4, 0.5) is 4.39 Å².